The Kier molecular flexibility index (Phi) is 3.96. The number of imidazole rings is 1. The van der Waals surface area contributed by atoms with Crippen molar-refractivity contribution >= 4 is 5.65 Å². The number of rotatable bonds is 3. The van der Waals surface area contributed by atoms with Crippen LogP contribution >= 0.6 is 0 Å². The number of pyridine rings is 2. The molecule has 0 fully saturated rings. The molecule has 0 amide bonds. The second-order valence-corrected chi connectivity index (χ2v) is 7.27. The molecular formula is C25H16FN3O2. The van der Waals surface area contributed by atoms with E-state index in [0.717, 1.165) is 50.8 Å². The molecule has 0 unspecified atom stereocenters. The lowest BCUT2D eigenvalue weighted by atomic mass is 10.1. The van der Waals surface area contributed by atoms with Crippen molar-refractivity contribution in [2.45, 2.75) is 0 Å². The van der Waals surface area contributed by atoms with Gasteiger partial charge >= 0.3 is 0 Å². The van der Waals surface area contributed by atoms with Crippen LogP contribution in [0.4, 0.5) is 4.39 Å². The van der Waals surface area contributed by atoms with Crippen molar-refractivity contribution in [3.8, 4) is 45.1 Å². The first kappa shape index (κ1) is 17.7. The molecule has 0 saturated heterocycles. The summed E-state index contributed by atoms with van der Waals surface area (Å²) in [5, 5.41) is 0. The van der Waals surface area contributed by atoms with Gasteiger partial charge in [0.2, 0.25) is 6.79 Å². The molecule has 3 aromatic heterocycles. The van der Waals surface area contributed by atoms with Crippen LogP contribution in [0.25, 0.3) is 39.3 Å². The van der Waals surface area contributed by atoms with Gasteiger partial charge in [0.15, 0.2) is 11.5 Å². The lowest BCUT2D eigenvalue weighted by Gasteiger charge is -2.08. The van der Waals surface area contributed by atoms with Crippen molar-refractivity contribution in [2.75, 3.05) is 6.79 Å². The van der Waals surface area contributed by atoms with Gasteiger partial charge in [0.05, 0.1) is 11.4 Å². The van der Waals surface area contributed by atoms with Gasteiger partial charge in [-0.3, -0.25) is 9.38 Å². The Labute approximate surface area is 177 Å². The fourth-order valence-electron chi connectivity index (χ4n) is 3.88. The number of aromatic nitrogens is 3. The molecule has 0 bridgehead atoms. The number of benzene rings is 2. The molecule has 0 spiro atoms. The molecule has 0 aliphatic carbocycles. The lowest BCUT2D eigenvalue weighted by Crippen LogP contribution is -1.93. The predicted molar refractivity (Wildman–Crippen MR) is 115 cm³/mol. The molecule has 31 heavy (non-hydrogen) atoms. The van der Waals surface area contributed by atoms with E-state index in [-0.39, 0.29) is 12.6 Å². The van der Waals surface area contributed by atoms with E-state index in [1.165, 1.54) is 12.1 Å². The zero-order chi connectivity index (χ0) is 20.8. The third-order valence-corrected chi connectivity index (χ3v) is 5.38. The van der Waals surface area contributed by atoms with E-state index < -0.39 is 0 Å². The van der Waals surface area contributed by atoms with Crippen molar-refractivity contribution in [3.05, 3.63) is 91.1 Å². The van der Waals surface area contributed by atoms with Gasteiger partial charge in [0, 0.05) is 29.7 Å². The van der Waals surface area contributed by atoms with Crippen LogP contribution in [-0.4, -0.2) is 21.2 Å². The van der Waals surface area contributed by atoms with E-state index >= 15 is 0 Å². The average Bonchev–Trinajstić information content (AvgIpc) is 3.43. The second-order valence-electron chi connectivity index (χ2n) is 7.27. The largest absolute Gasteiger partial charge is 0.454 e. The Bertz CT molecular complexity index is 1410. The third kappa shape index (κ3) is 3.00. The van der Waals surface area contributed by atoms with Gasteiger partial charge in [-0.25, -0.2) is 9.37 Å². The van der Waals surface area contributed by atoms with Crippen LogP contribution in [-0.2, 0) is 0 Å². The molecule has 0 atom stereocenters. The lowest BCUT2D eigenvalue weighted by molar-refractivity contribution is 0.174. The summed E-state index contributed by atoms with van der Waals surface area (Å²) in [6.45, 7) is 0.242. The molecule has 1 aliphatic rings. The number of hydrogen-bond donors (Lipinski definition) is 0. The fourth-order valence-corrected chi connectivity index (χ4v) is 3.88. The summed E-state index contributed by atoms with van der Waals surface area (Å²) in [6.07, 6.45) is 5.60. The summed E-state index contributed by atoms with van der Waals surface area (Å²) >= 11 is 0. The summed E-state index contributed by atoms with van der Waals surface area (Å²) in [5.41, 5.74) is 6.26. The van der Waals surface area contributed by atoms with Crippen LogP contribution in [0, 0.1) is 5.82 Å². The Balaban J connectivity index is 1.57. The van der Waals surface area contributed by atoms with Crippen molar-refractivity contribution in [2.24, 2.45) is 0 Å². The fraction of sp³-hybridized carbons (Fsp3) is 0.0400. The molecule has 0 saturated carbocycles. The minimum Gasteiger partial charge on any atom is -0.454 e. The normalized spacial score (nSPS) is 12.4. The van der Waals surface area contributed by atoms with Gasteiger partial charge in [-0.15, -0.1) is 0 Å². The zero-order valence-electron chi connectivity index (χ0n) is 16.3. The molecule has 4 heterocycles. The van der Waals surface area contributed by atoms with E-state index in [9.17, 15) is 4.39 Å². The Morgan fingerprint density at radius 1 is 0.806 bits per heavy atom. The van der Waals surface area contributed by atoms with Crippen molar-refractivity contribution in [1.82, 2.24) is 14.4 Å². The summed E-state index contributed by atoms with van der Waals surface area (Å²) in [5.74, 6) is 1.21. The minimum atomic E-state index is -0.277. The van der Waals surface area contributed by atoms with Crippen LogP contribution in [0.15, 0.2) is 85.3 Å². The first-order valence-electron chi connectivity index (χ1n) is 9.85. The summed E-state index contributed by atoms with van der Waals surface area (Å²) in [6, 6.07) is 20.2. The van der Waals surface area contributed by atoms with Crippen LogP contribution in [0.5, 0.6) is 11.5 Å². The molecule has 5 nitrogen and oxygen atoms in total. The number of fused-ring (bicyclic) bond motifs is 2. The maximum absolute atomic E-state index is 13.5. The van der Waals surface area contributed by atoms with Gasteiger partial charge in [0.1, 0.15) is 11.5 Å². The van der Waals surface area contributed by atoms with Gasteiger partial charge in [-0.05, 0) is 71.8 Å². The van der Waals surface area contributed by atoms with E-state index in [1.54, 1.807) is 18.3 Å². The first-order chi connectivity index (χ1) is 15.3. The van der Waals surface area contributed by atoms with Crippen molar-refractivity contribution < 1.29 is 13.9 Å². The standard InChI is InChI=1S/C25H16FN3O2/c26-20-7-3-16(4-8-20)24-25(18-2-1-11-27-13-18)29-14-19(6-10-23(29)28-24)17-5-9-21-22(12-17)31-15-30-21/h1-14H,15H2. The maximum Gasteiger partial charge on any atom is 0.231 e. The monoisotopic (exact) mass is 409 g/mol. The predicted octanol–water partition coefficient (Wildman–Crippen LogP) is 5.60. The molecule has 5 aromatic rings. The van der Waals surface area contributed by atoms with Crippen LogP contribution < -0.4 is 9.47 Å². The van der Waals surface area contributed by atoms with Gasteiger partial charge < -0.3 is 9.47 Å². The quantitative estimate of drug-likeness (QED) is 0.389. The number of nitrogens with zero attached hydrogens (tertiary/aromatic N) is 3. The highest BCUT2D eigenvalue weighted by Gasteiger charge is 2.18. The Morgan fingerprint density at radius 2 is 1.61 bits per heavy atom. The van der Waals surface area contributed by atoms with E-state index in [0.29, 0.717) is 0 Å². The summed E-state index contributed by atoms with van der Waals surface area (Å²) in [7, 11) is 0. The maximum atomic E-state index is 13.5. The van der Waals surface area contributed by atoms with Gasteiger partial charge in [-0.1, -0.05) is 6.07 Å². The molecule has 6 rings (SSSR count). The third-order valence-electron chi connectivity index (χ3n) is 5.38. The number of ether oxygens (including phenoxy) is 2. The highest BCUT2D eigenvalue weighted by atomic mass is 19.1. The van der Waals surface area contributed by atoms with E-state index in [1.807, 2.05) is 48.7 Å². The zero-order valence-corrected chi connectivity index (χ0v) is 16.3. The number of halogens is 1. The molecule has 0 radical (unpaired) electrons. The summed E-state index contributed by atoms with van der Waals surface area (Å²) in [4.78, 5) is 9.13. The summed E-state index contributed by atoms with van der Waals surface area (Å²) < 4.78 is 26.5. The minimum absolute atomic E-state index is 0.242. The highest BCUT2D eigenvalue weighted by molar-refractivity contribution is 5.82. The van der Waals surface area contributed by atoms with E-state index in [2.05, 4.69) is 15.6 Å². The Hall–Kier alpha value is -4.19. The number of hydrogen-bond acceptors (Lipinski definition) is 4. The molecule has 0 N–H and O–H groups in total. The second kappa shape index (κ2) is 6.95. The SMILES string of the molecule is Fc1ccc(-c2nc3ccc(-c4ccc5c(c4)OCO5)cn3c2-c2cccnc2)cc1. The van der Waals surface area contributed by atoms with Crippen LogP contribution in [0.2, 0.25) is 0 Å². The molecular weight excluding hydrogens is 393 g/mol. The van der Waals surface area contributed by atoms with Gasteiger partial charge in [-0.2, -0.15) is 0 Å². The molecule has 1 aliphatic heterocycles. The molecule has 150 valence electrons. The van der Waals surface area contributed by atoms with Crippen LogP contribution in [0.3, 0.4) is 0 Å². The highest BCUT2D eigenvalue weighted by Crippen LogP contribution is 2.37. The van der Waals surface area contributed by atoms with Gasteiger partial charge in [0.25, 0.3) is 0 Å². The van der Waals surface area contributed by atoms with Crippen molar-refractivity contribution in [3.63, 3.8) is 0 Å². The molecule has 2 aromatic carbocycles. The Morgan fingerprint density at radius 3 is 2.45 bits per heavy atom. The van der Waals surface area contributed by atoms with E-state index in [4.69, 9.17) is 14.5 Å². The smallest absolute Gasteiger partial charge is 0.231 e. The topological polar surface area (TPSA) is 48.7 Å². The van der Waals surface area contributed by atoms with Crippen molar-refractivity contribution in [1.29, 1.82) is 0 Å². The average molecular weight is 409 g/mol. The first-order valence-corrected chi connectivity index (χ1v) is 9.85. The molecule has 6 heteroatoms. The van der Waals surface area contributed by atoms with Crippen LogP contribution in [0.1, 0.15) is 0 Å².